The number of rotatable bonds is 8. The molecular weight excluding hydrogens is 320 g/mol. The van der Waals surface area contributed by atoms with Crippen molar-refractivity contribution in [3.05, 3.63) is 23.8 Å². The molecule has 0 aliphatic carbocycles. The van der Waals surface area contributed by atoms with Crippen LogP contribution >= 0.6 is 0 Å². The molecule has 0 bridgehead atoms. The summed E-state index contributed by atoms with van der Waals surface area (Å²) in [5.41, 5.74) is 0.408. The van der Waals surface area contributed by atoms with Crippen LogP contribution in [0.1, 0.15) is 30.1 Å². The summed E-state index contributed by atoms with van der Waals surface area (Å²) in [5, 5.41) is 2.62. The van der Waals surface area contributed by atoms with E-state index < -0.39 is 10.0 Å². The summed E-state index contributed by atoms with van der Waals surface area (Å²) in [6, 6.07) is 4.86. The maximum absolute atomic E-state index is 12.1. The first-order chi connectivity index (χ1) is 10.9. The second-order valence-corrected chi connectivity index (χ2v) is 7.51. The van der Waals surface area contributed by atoms with Gasteiger partial charge in [0.2, 0.25) is 16.8 Å². The van der Waals surface area contributed by atoms with E-state index in [4.69, 9.17) is 9.47 Å². The maximum atomic E-state index is 12.1. The van der Waals surface area contributed by atoms with E-state index in [1.54, 1.807) is 25.2 Å². The number of sulfonamides is 1. The van der Waals surface area contributed by atoms with Gasteiger partial charge in [0.15, 0.2) is 11.5 Å². The minimum Gasteiger partial charge on any atom is -0.454 e. The van der Waals surface area contributed by atoms with Gasteiger partial charge in [-0.1, -0.05) is 13.3 Å². The van der Waals surface area contributed by atoms with E-state index in [1.165, 1.54) is 4.31 Å². The molecule has 0 atom stereocenters. The lowest BCUT2D eigenvalue weighted by molar-refractivity contribution is 0.0955. The van der Waals surface area contributed by atoms with Crippen LogP contribution in [0, 0.1) is 0 Å². The van der Waals surface area contributed by atoms with Gasteiger partial charge in [-0.2, -0.15) is 0 Å². The molecule has 0 radical (unpaired) electrons. The lowest BCUT2D eigenvalue weighted by atomic mass is 10.2. The van der Waals surface area contributed by atoms with Gasteiger partial charge >= 0.3 is 0 Å². The van der Waals surface area contributed by atoms with E-state index in [0.29, 0.717) is 23.6 Å². The molecule has 1 N–H and O–H groups in total. The van der Waals surface area contributed by atoms with E-state index in [9.17, 15) is 13.2 Å². The number of benzene rings is 1. The first-order valence-electron chi connectivity index (χ1n) is 7.56. The molecule has 0 aromatic heterocycles. The summed E-state index contributed by atoms with van der Waals surface area (Å²) in [6.07, 6.45) is 1.75. The third-order valence-corrected chi connectivity index (χ3v) is 5.43. The fourth-order valence-electron chi connectivity index (χ4n) is 2.11. The van der Waals surface area contributed by atoms with Gasteiger partial charge in [0, 0.05) is 25.7 Å². The molecule has 0 spiro atoms. The number of hydrogen-bond acceptors (Lipinski definition) is 5. The highest BCUT2D eigenvalue weighted by Crippen LogP contribution is 2.32. The van der Waals surface area contributed by atoms with Crippen LogP contribution in [0.3, 0.4) is 0 Å². The second kappa shape index (κ2) is 7.65. The van der Waals surface area contributed by atoms with Gasteiger partial charge in [0.25, 0.3) is 5.91 Å². The molecule has 1 aliphatic heterocycles. The molecular formula is C15H22N2O5S. The van der Waals surface area contributed by atoms with Crippen LogP contribution in [0.25, 0.3) is 0 Å². The summed E-state index contributed by atoms with van der Waals surface area (Å²) < 4.78 is 35.8. The Hall–Kier alpha value is -1.80. The quantitative estimate of drug-likeness (QED) is 0.767. The zero-order chi connectivity index (χ0) is 16.9. The van der Waals surface area contributed by atoms with Crippen molar-refractivity contribution < 1.29 is 22.7 Å². The molecule has 0 unspecified atom stereocenters. The minimum atomic E-state index is -3.35. The Morgan fingerprint density at radius 1 is 1.30 bits per heavy atom. The Morgan fingerprint density at radius 2 is 2.04 bits per heavy atom. The highest BCUT2D eigenvalue weighted by atomic mass is 32.2. The Bertz CT molecular complexity index is 660. The average molecular weight is 342 g/mol. The average Bonchev–Trinajstić information content (AvgIpc) is 2.99. The van der Waals surface area contributed by atoms with Crippen molar-refractivity contribution in [3.63, 3.8) is 0 Å². The zero-order valence-corrected chi connectivity index (χ0v) is 14.2. The smallest absolute Gasteiger partial charge is 0.251 e. The summed E-state index contributed by atoms with van der Waals surface area (Å²) in [7, 11) is -1.79. The highest BCUT2D eigenvalue weighted by Gasteiger charge is 2.19. The first kappa shape index (κ1) is 17.6. The van der Waals surface area contributed by atoms with Crippen molar-refractivity contribution in [2.24, 2.45) is 0 Å². The van der Waals surface area contributed by atoms with E-state index in [1.807, 2.05) is 6.92 Å². The number of nitrogens with zero attached hydrogens (tertiary/aromatic N) is 1. The summed E-state index contributed by atoms with van der Waals surface area (Å²) in [6.45, 7) is 2.70. The number of unbranched alkanes of at least 4 members (excludes halogenated alkanes) is 1. The van der Waals surface area contributed by atoms with Crippen molar-refractivity contribution in [3.8, 4) is 11.5 Å². The zero-order valence-electron chi connectivity index (χ0n) is 13.4. The van der Waals surface area contributed by atoms with Gasteiger partial charge < -0.3 is 14.8 Å². The van der Waals surface area contributed by atoms with Crippen LogP contribution in [0.15, 0.2) is 18.2 Å². The van der Waals surface area contributed by atoms with Gasteiger partial charge in [0.05, 0.1) is 5.75 Å². The number of carbonyl (C=O) groups is 1. The van der Waals surface area contributed by atoms with Gasteiger partial charge in [-0.3, -0.25) is 4.79 Å². The van der Waals surface area contributed by atoms with Gasteiger partial charge in [0.1, 0.15) is 0 Å². The Kier molecular flexibility index (Phi) is 5.84. The standard InChI is InChI=1S/C15H22N2O5S/c1-3-4-8-17(2)23(19,20)9-7-16-15(18)12-5-6-13-14(10-12)22-11-21-13/h5-6,10H,3-4,7-9,11H2,1-2H3,(H,16,18). The molecule has 1 aliphatic rings. The lowest BCUT2D eigenvalue weighted by Gasteiger charge is -2.16. The predicted octanol–water partition coefficient (Wildman–Crippen LogP) is 1.21. The van der Waals surface area contributed by atoms with Crippen molar-refractivity contribution in [2.45, 2.75) is 19.8 Å². The SMILES string of the molecule is CCCCN(C)S(=O)(=O)CCNC(=O)c1ccc2c(c1)OCO2. The topological polar surface area (TPSA) is 84.9 Å². The van der Waals surface area contributed by atoms with Crippen molar-refractivity contribution in [1.29, 1.82) is 0 Å². The van der Waals surface area contributed by atoms with Gasteiger partial charge in [-0.05, 0) is 24.6 Å². The molecule has 7 nitrogen and oxygen atoms in total. The van der Waals surface area contributed by atoms with Crippen molar-refractivity contribution in [2.75, 3.05) is 32.7 Å². The Labute approximate surface area is 136 Å². The molecule has 1 amide bonds. The maximum Gasteiger partial charge on any atom is 0.251 e. The first-order valence-corrected chi connectivity index (χ1v) is 9.17. The molecule has 0 saturated carbocycles. The highest BCUT2D eigenvalue weighted by molar-refractivity contribution is 7.89. The Morgan fingerprint density at radius 3 is 2.78 bits per heavy atom. The van der Waals surface area contributed by atoms with Crippen LogP contribution in [0.5, 0.6) is 11.5 Å². The number of ether oxygens (including phenoxy) is 2. The molecule has 128 valence electrons. The van der Waals surface area contributed by atoms with Crippen LogP contribution in [0.4, 0.5) is 0 Å². The van der Waals surface area contributed by atoms with Crippen LogP contribution in [-0.4, -0.2) is 51.3 Å². The van der Waals surface area contributed by atoms with Gasteiger partial charge in [-0.25, -0.2) is 12.7 Å². The number of nitrogens with one attached hydrogen (secondary N) is 1. The van der Waals surface area contributed by atoms with Crippen LogP contribution in [0.2, 0.25) is 0 Å². The minimum absolute atomic E-state index is 0.0616. The number of carbonyl (C=O) groups excluding carboxylic acids is 1. The molecule has 1 heterocycles. The molecule has 1 aromatic rings. The fraction of sp³-hybridized carbons (Fsp3) is 0.533. The van der Waals surface area contributed by atoms with Gasteiger partial charge in [-0.15, -0.1) is 0 Å². The normalized spacial score (nSPS) is 13.3. The number of fused-ring (bicyclic) bond motifs is 1. The number of amides is 1. The third kappa shape index (κ3) is 4.59. The molecule has 23 heavy (non-hydrogen) atoms. The van der Waals surface area contributed by atoms with E-state index >= 15 is 0 Å². The van der Waals surface area contributed by atoms with Crippen LogP contribution in [-0.2, 0) is 10.0 Å². The van der Waals surface area contributed by atoms with E-state index in [0.717, 1.165) is 12.8 Å². The largest absolute Gasteiger partial charge is 0.454 e. The molecule has 2 rings (SSSR count). The summed E-state index contributed by atoms with van der Waals surface area (Å²) >= 11 is 0. The fourth-order valence-corrected chi connectivity index (χ4v) is 3.19. The van der Waals surface area contributed by atoms with E-state index in [2.05, 4.69) is 5.32 Å². The second-order valence-electron chi connectivity index (χ2n) is 5.32. The lowest BCUT2D eigenvalue weighted by Crippen LogP contribution is -2.36. The monoisotopic (exact) mass is 342 g/mol. The third-order valence-electron chi connectivity index (χ3n) is 3.58. The molecule has 0 saturated heterocycles. The predicted molar refractivity (Wildman–Crippen MR) is 86.2 cm³/mol. The van der Waals surface area contributed by atoms with E-state index in [-0.39, 0.29) is 25.0 Å². The van der Waals surface area contributed by atoms with Crippen molar-refractivity contribution >= 4 is 15.9 Å². The summed E-state index contributed by atoms with van der Waals surface area (Å²) in [4.78, 5) is 12.1. The van der Waals surface area contributed by atoms with Crippen molar-refractivity contribution in [1.82, 2.24) is 9.62 Å². The van der Waals surface area contributed by atoms with Crippen LogP contribution < -0.4 is 14.8 Å². The summed E-state index contributed by atoms with van der Waals surface area (Å²) in [5.74, 6) is 0.657. The molecule has 1 aromatic carbocycles. The molecule has 8 heteroatoms. The number of hydrogen-bond donors (Lipinski definition) is 1. The molecule has 0 fully saturated rings. The Balaban J connectivity index is 1.85.